The number of rotatable bonds is 3. The lowest BCUT2D eigenvalue weighted by Gasteiger charge is -2.15. The van der Waals surface area contributed by atoms with Gasteiger partial charge in [0.1, 0.15) is 11.6 Å². The normalized spacial score (nSPS) is 10.7. The van der Waals surface area contributed by atoms with Crippen LogP contribution in [-0.2, 0) is 0 Å². The molecule has 132 valence electrons. The van der Waals surface area contributed by atoms with E-state index in [1.807, 2.05) is 19.2 Å². The number of aryl methyl sites for hydroxylation is 1. The van der Waals surface area contributed by atoms with Crippen LogP contribution in [0.4, 0.5) is 19.3 Å². The number of benzene rings is 1. The summed E-state index contributed by atoms with van der Waals surface area (Å²) in [6, 6.07) is 2.40. The van der Waals surface area contributed by atoms with Crippen molar-refractivity contribution in [3.8, 4) is 0 Å². The molecule has 0 unspecified atom stereocenters. The molecule has 0 aliphatic rings. The van der Waals surface area contributed by atoms with Gasteiger partial charge in [-0.2, -0.15) is 0 Å². The molecule has 0 saturated heterocycles. The monoisotopic (exact) mass is 411 g/mol. The highest BCUT2D eigenvalue weighted by molar-refractivity contribution is 9.10. The largest absolute Gasteiger partial charge is 0.326 e. The van der Waals surface area contributed by atoms with Crippen LogP contribution < -0.4 is 10.6 Å². The molecule has 5 nitrogen and oxygen atoms in total. The Morgan fingerprint density at radius 2 is 1.88 bits per heavy atom. The SMILES string of the molecule is Cc1ccnc(C(C)C)c1NC(=O)NC(=O)c1cc(F)c(Br)cc1F. The zero-order valence-corrected chi connectivity index (χ0v) is 15.4. The average molecular weight is 412 g/mol. The Hall–Kier alpha value is -2.35. The van der Waals surface area contributed by atoms with Gasteiger partial charge in [-0.3, -0.25) is 15.1 Å². The van der Waals surface area contributed by atoms with Crippen molar-refractivity contribution in [1.29, 1.82) is 0 Å². The highest BCUT2D eigenvalue weighted by Gasteiger charge is 2.19. The van der Waals surface area contributed by atoms with Crippen LogP contribution in [0.15, 0.2) is 28.9 Å². The molecule has 2 aromatic rings. The summed E-state index contributed by atoms with van der Waals surface area (Å²) in [5.74, 6) is -2.76. The Bertz CT molecular complexity index is 841. The summed E-state index contributed by atoms with van der Waals surface area (Å²) in [5.41, 5.74) is 1.33. The Labute approximate surface area is 152 Å². The van der Waals surface area contributed by atoms with Crippen LogP contribution in [0.3, 0.4) is 0 Å². The van der Waals surface area contributed by atoms with Crippen molar-refractivity contribution in [2.24, 2.45) is 0 Å². The number of halogens is 3. The molecule has 2 N–H and O–H groups in total. The van der Waals surface area contributed by atoms with Gasteiger partial charge in [-0.1, -0.05) is 13.8 Å². The summed E-state index contributed by atoms with van der Waals surface area (Å²) in [6.07, 6.45) is 1.62. The van der Waals surface area contributed by atoms with E-state index in [2.05, 4.69) is 26.2 Å². The summed E-state index contributed by atoms with van der Waals surface area (Å²) < 4.78 is 27.2. The molecule has 8 heteroatoms. The van der Waals surface area contributed by atoms with Gasteiger partial charge in [0, 0.05) is 6.20 Å². The van der Waals surface area contributed by atoms with Crippen molar-refractivity contribution >= 4 is 33.6 Å². The Kier molecular flexibility index (Phi) is 5.84. The fourth-order valence-electron chi connectivity index (χ4n) is 2.19. The number of imide groups is 1. The van der Waals surface area contributed by atoms with Crippen LogP contribution in [0, 0.1) is 18.6 Å². The van der Waals surface area contributed by atoms with Gasteiger partial charge >= 0.3 is 6.03 Å². The first kappa shape index (κ1) is 19.0. The number of carbonyl (C=O) groups is 2. The molecule has 0 aliphatic carbocycles. The van der Waals surface area contributed by atoms with Crippen LogP contribution in [0.2, 0.25) is 0 Å². The molecule has 0 spiro atoms. The molecular weight excluding hydrogens is 396 g/mol. The van der Waals surface area contributed by atoms with Crippen molar-refractivity contribution in [3.05, 3.63) is 57.3 Å². The fourth-order valence-corrected chi connectivity index (χ4v) is 2.51. The highest BCUT2D eigenvalue weighted by Crippen LogP contribution is 2.25. The van der Waals surface area contributed by atoms with E-state index < -0.39 is 29.1 Å². The first-order valence-electron chi connectivity index (χ1n) is 7.43. The maximum Gasteiger partial charge on any atom is 0.326 e. The molecule has 0 saturated carbocycles. The number of pyridine rings is 1. The number of amides is 3. The molecule has 2 rings (SSSR count). The Morgan fingerprint density at radius 3 is 2.52 bits per heavy atom. The van der Waals surface area contributed by atoms with Crippen molar-refractivity contribution in [3.63, 3.8) is 0 Å². The fraction of sp³-hybridized carbons (Fsp3) is 0.235. The summed E-state index contributed by atoms with van der Waals surface area (Å²) in [6.45, 7) is 5.61. The minimum atomic E-state index is -1.05. The zero-order valence-electron chi connectivity index (χ0n) is 13.8. The molecule has 25 heavy (non-hydrogen) atoms. The quantitative estimate of drug-likeness (QED) is 0.729. The minimum absolute atomic E-state index is 0.0453. The number of aromatic nitrogens is 1. The third kappa shape index (κ3) is 4.39. The van der Waals surface area contributed by atoms with E-state index in [1.165, 1.54) is 0 Å². The van der Waals surface area contributed by atoms with Crippen LogP contribution in [-0.4, -0.2) is 16.9 Å². The van der Waals surface area contributed by atoms with Crippen LogP contribution >= 0.6 is 15.9 Å². The second-order valence-electron chi connectivity index (χ2n) is 5.70. The van der Waals surface area contributed by atoms with E-state index in [0.717, 1.165) is 17.7 Å². The molecule has 0 aliphatic heterocycles. The van der Waals surface area contributed by atoms with Gasteiger partial charge in [0.25, 0.3) is 5.91 Å². The molecule has 0 fully saturated rings. The molecule has 1 aromatic carbocycles. The van der Waals surface area contributed by atoms with Crippen molar-refractivity contribution in [1.82, 2.24) is 10.3 Å². The van der Waals surface area contributed by atoms with Gasteiger partial charge in [-0.25, -0.2) is 13.6 Å². The van der Waals surface area contributed by atoms with Crippen molar-refractivity contribution in [2.45, 2.75) is 26.7 Å². The molecule has 0 bridgehead atoms. The van der Waals surface area contributed by atoms with E-state index >= 15 is 0 Å². The van der Waals surface area contributed by atoms with Crippen LogP contribution in [0.25, 0.3) is 0 Å². The predicted molar refractivity (Wildman–Crippen MR) is 93.6 cm³/mol. The molecule has 1 heterocycles. The lowest BCUT2D eigenvalue weighted by molar-refractivity contribution is 0.0962. The number of nitrogens with one attached hydrogen (secondary N) is 2. The number of nitrogens with zero attached hydrogens (tertiary/aromatic N) is 1. The Balaban J connectivity index is 2.19. The minimum Gasteiger partial charge on any atom is -0.306 e. The second kappa shape index (κ2) is 7.69. The van der Waals surface area contributed by atoms with Gasteiger partial charge in [0.2, 0.25) is 0 Å². The van der Waals surface area contributed by atoms with Gasteiger partial charge < -0.3 is 5.32 Å². The Morgan fingerprint density at radius 1 is 1.20 bits per heavy atom. The molecule has 1 aromatic heterocycles. The van der Waals surface area contributed by atoms with Gasteiger partial charge in [0.15, 0.2) is 0 Å². The molecule has 0 atom stereocenters. The summed E-state index contributed by atoms with van der Waals surface area (Å²) in [7, 11) is 0. The second-order valence-corrected chi connectivity index (χ2v) is 6.55. The topological polar surface area (TPSA) is 71.1 Å². The number of urea groups is 1. The molecular formula is C17H16BrF2N3O2. The number of hydrogen-bond acceptors (Lipinski definition) is 3. The average Bonchev–Trinajstić information content (AvgIpc) is 2.52. The number of anilines is 1. The predicted octanol–water partition coefficient (Wildman–Crippen LogP) is 4.52. The smallest absolute Gasteiger partial charge is 0.306 e. The standard InChI is InChI=1S/C17H16BrF2N3O2/c1-8(2)14-15(9(3)4-5-21-14)22-17(25)23-16(24)10-6-13(20)11(18)7-12(10)19/h4-8H,1-3H3,(H2,22,23,24,25). The number of hydrogen-bond donors (Lipinski definition) is 2. The molecule has 3 amide bonds. The lowest BCUT2D eigenvalue weighted by Crippen LogP contribution is -2.35. The van der Waals surface area contributed by atoms with E-state index in [1.54, 1.807) is 19.2 Å². The van der Waals surface area contributed by atoms with Gasteiger partial charge in [-0.15, -0.1) is 0 Å². The van der Waals surface area contributed by atoms with E-state index in [4.69, 9.17) is 0 Å². The maximum absolute atomic E-state index is 13.8. The highest BCUT2D eigenvalue weighted by atomic mass is 79.9. The first-order chi connectivity index (χ1) is 11.7. The third-order valence-corrected chi connectivity index (χ3v) is 4.06. The van der Waals surface area contributed by atoms with Crippen molar-refractivity contribution < 1.29 is 18.4 Å². The van der Waals surface area contributed by atoms with Gasteiger partial charge in [0.05, 0.1) is 21.4 Å². The maximum atomic E-state index is 13.8. The van der Waals surface area contributed by atoms with Crippen LogP contribution in [0.5, 0.6) is 0 Å². The van der Waals surface area contributed by atoms with Gasteiger partial charge in [-0.05, 0) is 52.5 Å². The van der Waals surface area contributed by atoms with E-state index in [0.29, 0.717) is 11.4 Å². The first-order valence-corrected chi connectivity index (χ1v) is 8.22. The molecule has 0 radical (unpaired) electrons. The summed E-state index contributed by atoms with van der Waals surface area (Å²) in [4.78, 5) is 28.3. The van der Waals surface area contributed by atoms with Crippen molar-refractivity contribution in [2.75, 3.05) is 5.32 Å². The third-order valence-electron chi connectivity index (χ3n) is 3.46. The zero-order chi connectivity index (χ0) is 18.7. The lowest BCUT2D eigenvalue weighted by atomic mass is 10.1. The summed E-state index contributed by atoms with van der Waals surface area (Å²) in [5, 5.41) is 4.53. The summed E-state index contributed by atoms with van der Waals surface area (Å²) >= 11 is 2.82. The van der Waals surface area contributed by atoms with E-state index in [-0.39, 0.29) is 10.4 Å². The van der Waals surface area contributed by atoms with E-state index in [9.17, 15) is 18.4 Å². The number of carbonyl (C=O) groups excluding carboxylic acids is 2. The van der Waals surface area contributed by atoms with Crippen LogP contribution in [0.1, 0.15) is 41.4 Å².